The van der Waals surface area contributed by atoms with Gasteiger partial charge >= 0.3 is 6.18 Å². The number of carboxylic acid groups (broad SMARTS) is 1. The van der Waals surface area contributed by atoms with E-state index in [1.165, 1.54) is 0 Å². The lowest BCUT2D eigenvalue weighted by Gasteiger charge is -2.03. The van der Waals surface area contributed by atoms with Crippen molar-refractivity contribution in [2.45, 2.75) is 6.18 Å². The number of hydrogen-bond acceptors (Lipinski definition) is 3. The standard InChI is InChI=1S/C12H9BrN2O.C2HF3O2/c1-15-5-4-7-9(6-15)14-8-2-3-10(16)12(13)11(7)8;3-2(4,5)1(6)7/h2-6,16H,1H3;(H,6,7). The maximum Gasteiger partial charge on any atom is 0.430 e. The molecule has 3 aromatic rings. The molecular weight excluding hydrogens is 381 g/mol. The summed E-state index contributed by atoms with van der Waals surface area (Å²) in [4.78, 5) is 12.1. The van der Waals surface area contributed by atoms with Crippen molar-refractivity contribution in [1.29, 1.82) is 0 Å². The van der Waals surface area contributed by atoms with E-state index in [1.807, 2.05) is 36.1 Å². The second-order valence-corrected chi connectivity index (χ2v) is 5.46. The molecule has 0 spiro atoms. The zero-order chi connectivity index (χ0) is 17.4. The highest BCUT2D eigenvalue weighted by atomic mass is 79.9. The van der Waals surface area contributed by atoms with Crippen molar-refractivity contribution in [2.24, 2.45) is 7.05 Å². The van der Waals surface area contributed by atoms with Gasteiger partial charge in [-0.05, 0) is 28.1 Å². The van der Waals surface area contributed by atoms with Gasteiger partial charge in [0.25, 0.3) is 0 Å². The van der Waals surface area contributed by atoms with Crippen LogP contribution in [0, 0.1) is 0 Å². The molecule has 0 aliphatic rings. The number of phenols is 1. The third kappa shape index (κ3) is 3.55. The molecule has 9 heteroatoms. The molecule has 0 unspecified atom stereocenters. The van der Waals surface area contributed by atoms with Crippen LogP contribution in [-0.2, 0) is 11.8 Å². The Balaban J connectivity index is 0.000000236. The van der Waals surface area contributed by atoms with Crippen molar-refractivity contribution in [3.05, 3.63) is 35.1 Å². The zero-order valence-electron chi connectivity index (χ0n) is 11.6. The number of aryl methyl sites for hydroxylation is 1. The van der Waals surface area contributed by atoms with E-state index in [4.69, 9.17) is 9.90 Å². The molecule has 2 aromatic heterocycles. The van der Waals surface area contributed by atoms with Crippen LogP contribution in [0.25, 0.3) is 21.8 Å². The van der Waals surface area contributed by atoms with Gasteiger partial charge in [0.05, 0.1) is 4.47 Å². The number of phenolic OH excluding ortho intramolecular Hbond substituents is 1. The summed E-state index contributed by atoms with van der Waals surface area (Å²) in [5, 5.41) is 20.6. The Morgan fingerprint density at radius 3 is 2.48 bits per heavy atom. The molecular formula is C14H10BrF3N2O3. The predicted molar refractivity (Wildman–Crippen MR) is 77.4 cm³/mol. The summed E-state index contributed by atoms with van der Waals surface area (Å²) in [5.41, 5.74) is 2.08. The van der Waals surface area contributed by atoms with Gasteiger partial charge in [-0.25, -0.2) is 4.57 Å². The molecule has 3 rings (SSSR count). The van der Waals surface area contributed by atoms with E-state index in [9.17, 15) is 18.3 Å². The zero-order valence-corrected chi connectivity index (χ0v) is 13.2. The first kappa shape index (κ1) is 17.1. The van der Waals surface area contributed by atoms with E-state index in [-0.39, 0.29) is 5.75 Å². The number of alkyl halides is 3. The van der Waals surface area contributed by atoms with Gasteiger partial charge in [0, 0.05) is 22.4 Å². The van der Waals surface area contributed by atoms with Gasteiger partial charge in [-0.15, -0.1) is 0 Å². The highest BCUT2D eigenvalue weighted by Gasteiger charge is 2.28. The number of halogens is 4. The van der Waals surface area contributed by atoms with Gasteiger partial charge in [0.15, 0.2) is 12.4 Å². The van der Waals surface area contributed by atoms with Gasteiger partial charge in [0.1, 0.15) is 24.3 Å². The fourth-order valence-electron chi connectivity index (χ4n) is 1.99. The molecule has 0 saturated heterocycles. The molecule has 2 heterocycles. The minimum absolute atomic E-state index is 0.265. The maximum absolute atomic E-state index is 10.5. The average molecular weight is 391 g/mol. The normalized spacial score (nSPS) is 11.3. The van der Waals surface area contributed by atoms with E-state index in [0.29, 0.717) is 0 Å². The van der Waals surface area contributed by atoms with E-state index >= 15 is 0 Å². The molecule has 2 N–H and O–H groups in total. The largest absolute Gasteiger partial charge is 0.542 e. The van der Waals surface area contributed by atoms with Gasteiger partial charge in [-0.3, -0.25) is 0 Å². The Bertz CT molecular complexity index is 889. The summed E-state index contributed by atoms with van der Waals surface area (Å²) >= 11 is 3.42. The summed E-state index contributed by atoms with van der Waals surface area (Å²) < 4.78 is 34.3. The third-order valence-corrected chi connectivity index (χ3v) is 3.79. The van der Waals surface area contributed by atoms with Crippen LogP contribution in [0.1, 0.15) is 0 Å². The minimum Gasteiger partial charge on any atom is -0.542 e. The van der Waals surface area contributed by atoms with Crippen LogP contribution in [-0.4, -0.2) is 22.2 Å². The van der Waals surface area contributed by atoms with Gasteiger partial charge < -0.3 is 20.0 Å². The number of carbonyl (C=O) groups is 1. The molecule has 0 atom stereocenters. The Hall–Kier alpha value is -2.29. The third-order valence-electron chi connectivity index (χ3n) is 2.99. The van der Waals surface area contributed by atoms with Crippen molar-refractivity contribution in [1.82, 2.24) is 4.98 Å². The second kappa shape index (κ2) is 6.07. The SMILES string of the molecule is C[n+]1ccc2c(c1)[nH]c1ccc(O)c(Br)c12.O=C([O-])C(F)(F)F. The highest BCUT2D eigenvalue weighted by molar-refractivity contribution is 9.10. The van der Waals surface area contributed by atoms with Crippen molar-refractivity contribution in [2.75, 3.05) is 0 Å². The molecule has 23 heavy (non-hydrogen) atoms. The van der Waals surface area contributed by atoms with Crippen LogP contribution in [0.5, 0.6) is 5.75 Å². The minimum atomic E-state index is -5.19. The van der Waals surface area contributed by atoms with Crippen LogP contribution in [0.15, 0.2) is 35.1 Å². The van der Waals surface area contributed by atoms with Crippen molar-refractivity contribution < 1.29 is 32.7 Å². The lowest BCUT2D eigenvalue weighted by atomic mass is 10.2. The van der Waals surface area contributed by atoms with Crippen LogP contribution in [0.4, 0.5) is 13.2 Å². The number of carboxylic acids is 1. The molecule has 1 aromatic carbocycles. The smallest absolute Gasteiger partial charge is 0.430 e. The molecule has 0 aliphatic carbocycles. The van der Waals surface area contributed by atoms with E-state index in [2.05, 4.69) is 20.9 Å². The fourth-order valence-corrected chi connectivity index (χ4v) is 2.55. The van der Waals surface area contributed by atoms with E-state index in [1.54, 1.807) is 6.07 Å². The molecule has 5 nitrogen and oxygen atoms in total. The number of aromatic nitrogens is 2. The first-order chi connectivity index (χ1) is 10.6. The van der Waals surface area contributed by atoms with E-state index in [0.717, 1.165) is 26.3 Å². The number of aromatic hydroxyl groups is 1. The van der Waals surface area contributed by atoms with Gasteiger partial charge in [0.2, 0.25) is 0 Å². The first-order valence-electron chi connectivity index (χ1n) is 6.17. The summed E-state index contributed by atoms with van der Waals surface area (Å²) in [6, 6.07) is 5.61. The number of hydrogen-bond donors (Lipinski definition) is 2. The molecule has 0 radical (unpaired) electrons. The number of carbonyl (C=O) groups excluding carboxylic acids is 1. The Kier molecular flexibility index (Phi) is 4.51. The second-order valence-electron chi connectivity index (χ2n) is 4.67. The number of aliphatic carboxylic acids is 1. The fraction of sp³-hybridized carbons (Fsp3) is 0.143. The summed E-state index contributed by atoms with van der Waals surface area (Å²) in [7, 11) is 1.98. The van der Waals surface area contributed by atoms with E-state index < -0.39 is 12.1 Å². The topological polar surface area (TPSA) is 80.0 Å². The van der Waals surface area contributed by atoms with Crippen LogP contribution >= 0.6 is 15.9 Å². The molecule has 0 fully saturated rings. The van der Waals surface area contributed by atoms with Gasteiger partial charge in [-0.1, -0.05) is 0 Å². The van der Waals surface area contributed by atoms with Crippen LogP contribution in [0.3, 0.4) is 0 Å². The summed E-state index contributed by atoms with van der Waals surface area (Å²) in [5.74, 6) is -2.74. The predicted octanol–water partition coefficient (Wildman–Crippen LogP) is 1.91. The monoisotopic (exact) mass is 390 g/mol. The van der Waals surface area contributed by atoms with Crippen LogP contribution in [0.2, 0.25) is 0 Å². The number of benzene rings is 1. The summed E-state index contributed by atoms with van der Waals surface area (Å²) in [6.07, 6.45) is -1.18. The van der Waals surface area contributed by atoms with Crippen molar-refractivity contribution >= 4 is 43.7 Å². The lowest BCUT2D eigenvalue weighted by molar-refractivity contribution is -0.670. The molecule has 0 saturated carbocycles. The number of H-pyrrole nitrogens is 1. The van der Waals surface area contributed by atoms with Gasteiger partial charge in [-0.2, -0.15) is 13.2 Å². The number of rotatable bonds is 0. The lowest BCUT2D eigenvalue weighted by Crippen LogP contribution is -2.37. The van der Waals surface area contributed by atoms with Crippen molar-refractivity contribution in [3.8, 4) is 5.75 Å². The summed E-state index contributed by atoms with van der Waals surface area (Å²) in [6.45, 7) is 0. The Morgan fingerprint density at radius 2 is 1.91 bits per heavy atom. The molecule has 0 amide bonds. The number of nitrogens with zero attached hydrogens (tertiary/aromatic N) is 1. The molecule has 0 bridgehead atoms. The van der Waals surface area contributed by atoms with Crippen LogP contribution < -0.4 is 9.67 Å². The molecule has 122 valence electrons. The molecule has 0 aliphatic heterocycles. The Labute approximate surface area is 136 Å². The number of pyridine rings is 1. The quantitative estimate of drug-likeness (QED) is 0.575. The number of nitrogens with one attached hydrogen (secondary N) is 1. The first-order valence-corrected chi connectivity index (χ1v) is 6.97. The Morgan fingerprint density at radius 1 is 1.30 bits per heavy atom. The number of aromatic amines is 1. The number of fused-ring (bicyclic) bond motifs is 3. The highest BCUT2D eigenvalue weighted by Crippen LogP contribution is 2.36. The average Bonchev–Trinajstić information content (AvgIpc) is 2.80. The van der Waals surface area contributed by atoms with Crippen molar-refractivity contribution in [3.63, 3.8) is 0 Å². The maximum atomic E-state index is 10.5.